The molecule has 0 fully saturated rings. The molecule has 0 unspecified atom stereocenters. The minimum atomic E-state index is -0.253. The second-order valence-corrected chi connectivity index (χ2v) is 5.88. The highest BCUT2D eigenvalue weighted by atomic mass is 16.1. The number of aromatic nitrogens is 1. The van der Waals surface area contributed by atoms with Gasteiger partial charge in [-0.1, -0.05) is 6.07 Å². The molecule has 0 saturated carbocycles. The van der Waals surface area contributed by atoms with Crippen LogP contribution in [0.1, 0.15) is 30.0 Å². The Morgan fingerprint density at radius 1 is 1.32 bits per heavy atom. The SMILES string of the molecule is CCN(CCC#N)c1ccc(/C=N\n2c(N)cc(C)cc2=O)c(C)c1. The number of pyridine rings is 1. The number of hydrogen-bond acceptors (Lipinski definition) is 5. The van der Waals surface area contributed by atoms with Crippen molar-refractivity contribution in [3.63, 3.8) is 0 Å². The summed E-state index contributed by atoms with van der Waals surface area (Å²) in [6, 6.07) is 11.4. The number of anilines is 2. The largest absolute Gasteiger partial charge is 0.384 e. The Kier molecular flexibility index (Phi) is 5.96. The fourth-order valence-electron chi connectivity index (χ4n) is 2.62. The van der Waals surface area contributed by atoms with Crippen molar-refractivity contribution in [3.8, 4) is 6.07 Å². The molecule has 2 rings (SSSR count). The van der Waals surface area contributed by atoms with Crippen molar-refractivity contribution < 1.29 is 0 Å². The van der Waals surface area contributed by atoms with Crippen LogP contribution in [0.15, 0.2) is 40.2 Å². The lowest BCUT2D eigenvalue weighted by Crippen LogP contribution is -2.23. The molecule has 1 aromatic carbocycles. The quantitative estimate of drug-likeness (QED) is 0.821. The van der Waals surface area contributed by atoms with Crippen molar-refractivity contribution in [1.82, 2.24) is 4.68 Å². The van der Waals surface area contributed by atoms with E-state index in [9.17, 15) is 4.79 Å². The Morgan fingerprint density at radius 3 is 2.68 bits per heavy atom. The molecule has 0 bridgehead atoms. The van der Waals surface area contributed by atoms with Crippen molar-refractivity contribution in [2.24, 2.45) is 5.10 Å². The van der Waals surface area contributed by atoms with Crippen molar-refractivity contribution >= 4 is 17.7 Å². The van der Waals surface area contributed by atoms with Gasteiger partial charge in [0.1, 0.15) is 5.82 Å². The van der Waals surface area contributed by atoms with Crippen LogP contribution in [0.2, 0.25) is 0 Å². The third kappa shape index (κ3) is 4.48. The lowest BCUT2D eigenvalue weighted by Gasteiger charge is -2.22. The van der Waals surface area contributed by atoms with Crippen molar-refractivity contribution in [1.29, 1.82) is 5.26 Å². The van der Waals surface area contributed by atoms with E-state index in [2.05, 4.69) is 29.1 Å². The van der Waals surface area contributed by atoms with E-state index in [0.717, 1.165) is 28.9 Å². The van der Waals surface area contributed by atoms with Crippen molar-refractivity contribution in [2.45, 2.75) is 27.2 Å². The highest BCUT2D eigenvalue weighted by Gasteiger charge is 2.06. The molecule has 0 aliphatic heterocycles. The van der Waals surface area contributed by atoms with E-state index in [0.29, 0.717) is 18.8 Å². The van der Waals surface area contributed by atoms with Crippen LogP contribution in [0.4, 0.5) is 11.5 Å². The highest BCUT2D eigenvalue weighted by molar-refractivity contribution is 5.82. The molecule has 0 aliphatic rings. The molecule has 1 aromatic heterocycles. The lowest BCUT2D eigenvalue weighted by molar-refractivity contribution is 0.826. The zero-order chi connectivity index (χ0) is 18.4. The number of nitriles is 1. The van der Waals surface area contributed by atoms with Crippen LogP contribution in [0.5, 0.6) is 0 Å². The molecule has 0 saturated heterocycles. The molecule has 1 heterocycles. The van der Waals surface area contributed by atoms with Gasteiger partial charge in [-0.25, -0.2) is 0 Å². The maximum atomic E-state index is 12.0. The number of rotatable bonds is 6. The van der Waals surface area contributed by atoms with E-state index in [1.165, 1.54) is 10.7 Å². The second kappa shape index (κ2) is 8.15. The van der Waals surface area contributed by atoms with Crippen LogP contribution in [0.3, 0.4) is 0 Å². The molecule has 0 aliphatic carbocycles. The lowest BCUT2D eigenvalue weighted by atomic mass is 10.1. The summed E-state index contributed by atoms with van der Waals surface area (Å²) in [4.78, 5) is 14.1. The standard InChI is InChI=1S/C19H23N5O/c1-4-23(9-5-8-20)17-7-6-16(15(3)12-17)13-22-24-18(21)10-14(2)11-19(24)25/h6-7,10-13H,4-5,9,21H2,1-3H3/b22-13-. The summed E-state index contributed by atoms with van der Waals surface area (Å²) in [5, 5.41) is 13.0. The third-order valence-corrected chi connectivity index (χ3v) is 3.99. The summed E-state index contributed by atoms with van der Waals surface area (Å²) < 4.78 is 1.19. The zero-order valence-corrected chi connectivity index (χ0v) is 14.9. The van der Waals surface area contributed by atoms with E-state index in [1.54, 1.807) is 12.3 Å². The highest BCUT2D eigenvalue weighted by Crippen LogP contribution is 2.18. The average molecular weight is 337 g/mol. The van der Waals surface area contributed by atoms with Gasteiger partial charge in [-0.2, -0.15) is 15.0 Å². The molecular formula is C19H23N5O. The third-order valence-electron chi connectivity index (χ3n) is 3.99. The summed E-state index contributed by atoms with van der Waals surface area (Å²) in [7, 11) is 0. The monoisotopic (exact) mass is 337 g/mol. The van der Waals surface area contributed by atoms with E-state index < -0.39 is 0 Å². The second-order valence-electron chi connectivity index (χ2n) is 5.88. The molecule has 130 valence electrons. The van der Waals surface area contributed by atoms with Gasteiger partial charge in [-0.15, -0.1) is 0 Å². The fourth-order valence-corrected chi connectivity index (χ4v) is 2.62. The van der Waals surface area contributed by atoms with Crippen LogP contribution in [-0.2, 0) is 0 Å². The number of aryl methyl sites for hydroxylation is 2. The molecule has 6 heteroatoms. The van der Waals surface area contributed by atoms with E-state index in [-0.39, 0.29) is 5.56 Å². The fraction of sp³-hybridized carbons (Fsp3) is 0.316. The zero-order valence-electron chi connectivity index (χ0n) is 14.9. The molecule has 2 aromatic rings. The Balaban J connectivity index is 2.27. The average Bonchev–Trinajstić information content (AvgIpc) is 2.56. The van der Waals surface area contributed by atoms with E-state index in [1.807, 2.05) is 26.0 Å². The van der Waals surface area contributed by atoms with Crippen LogP contribution >= 0.6 is 0 Å². The van der Waals surface area contributed by atoms with Crippen LogP contribution in [-0.4, -0.2) is 24.0 Å². The van der Waals surface area contributed by atoms with Gasteiger partial charge in [0, 0.05) is 24.8 Å². The van der Waals surface area contributed by atoms with Crippen molar-refractivity contribution in [2.75, 3.05) is 23.7 Å². The summed E-state index contributed by atoms with van der Waals surface area (Å²) in [5.41, 5.74) is 9.44. The predicted molar refractivity (Wildman–Crippen MR) is 102 cm³/mol. The predicted octanol–water partition coefficient (Wildman–Crippen LogP) is 2.67. The molecule has 0 atom stereocenters. The van der Waals surface area contributed by atoms with Crippen molar-refractivity contribution in [3.05, 3.63) is 57.4 Å². The maximum Gasteiger partial charge on any atom is 0.273 e. The van der Waals surface area contributed by atoms with E-state index in [4.69, 9.17) is 11.0 Å². The van der Waals surface area contributed by atoms with Crippen LogP contribution < -0.4 is 16.2 Å². The number of hydrogen-bond donors (Lipinski definition) is 1. The Labute approximate surface area is 147 Å². The molecule has 25 heavy (non-hydrogen) atoms. The summed E-state index contributed by atoms with van der Waals surface area (Å²) in [6.45, 7) is 7.42. The number of nitrogen functional groups attached to an aromatic ring is 1. The van der Waals surface area contributed by atoms with Gasteiger partial charge >= 0.3 is 0 Å². The first-order valence-electron chi connectivity index (χ1n) is 8.22. The summed E-state index contributed by atoms with van der Waals surface area (Å²) in [5.74, 6) is 0.309. The number of nitrogens with two attached hydrogens (primary N) is 1. The summed E-state index contributed by atoms with van der Waals surface area (Å²) in [6.07, 6.45) is 2.13. The number of nitrogens with zero attached hydrogens (tertiary/aromatic N) is 4. The van der Waals surface area contributed by atoms with Gasteiger partial charge in [0.2, 0.25) is 0 Å². The molecule has 2 N–H and O–H groups in total. The summed E-state index contributed by atoms with van der Waals surface area (Å²) >= 11 is 0. The first kappa shape index (κ1) is 18.3. The first-order chi connectivity index (χ1) is 12.0. The number of benzene rings is 1. The van der Waals surface area contributed by atoms with Gasteiger partial charge in [-0.05, 0) is 55.7 Å². The van der Waals surface area contributed by atoms with Gasteiger partial charge in [0.15, 0.2) is 0 Å². The Morgan fingerprint density at radius 2 is 2.08 bits per heavy atom. The molecule has 0 radical (unpaired) electrons. The molecule has 6 nitrogen and oxygen atoms in total. The first-order valence-corrected chi connectivity index (χ1v) is 8.22. The minimum Gasteiger partial charge on any atom is -0.384 e. The smallest absolute Gasteiger partial charge is 0.273 e. The maximum absolute atomic E-state index is 12.0. The molecule has 0 amide bonds. The van der Waals surface area contributed by atoms with Gasteiger partial charge in [0.25, 0.3) is 5.56 Å². The normalized spacial score (nSPS) is 10.8. The van der Waals surface area contributed by atoms with E-state index >= 15 is 0 Å². The Hall–Kier alpha value is -3.07. The van der Waals surface area contributed by atoms with Gasteiger partial charge < -0.3 is 10.6 Å². The minimum absolute atomic E-state index is 0.253. The van der Waals surface area contributed by atoms with Gasteiger partial charge in [0.05, 0.1) is 18.7 Å². The molecule has 0 spiro atoms. The topological polar surface area (TPSA) is 87.4 Å². The molecular weight excluding hydrogens is 314 g/mol. The van der Waals surface area contributed by atoms with Crippen LogP contribution in [0.25, 0.3) is 0 Å². The van der Waals surface area contributed by atoms with Crippen LogP contribution in [0, 0.1) is 25.2 Å². The van der Waals surface area contributed by atoms with Gasteiger partial charge in [-0.3, -0.25) is 4.79 Å². The Bertz CT molecular complexity index is 876.